The van der Waals surface area contributed by atoms with Gasteiger partial charge in [0.25, 0.3) is 0 Å². The van der Waals surface area contributed by atoms with E-state index >= 15 is 0 Å². The molecule has 0 aliphatic rings. The van der Waals surface area contributed by atoms with Crippen LogP contribution >= 0.6 is 34.4 Å². The summed E-state index contributed by atoms with van der Waals surface area (Å²) in [5.41, 5.74) is 0.565. The zero-order valence-corrected chi connectivity index (χ0v) is 18.5. The first-order chi connectivity index (χ1) is 14.9. The third-order valence-corrected chi connectivity index (χ3v) is 7.49. The number of rotatable bonds is 8. The molecule has 3 aromatic heterocycles. The number of hydrogen-bond acceptors (Lipinski definition) is 7. The Labute approximate surface area is 188 Å². The quantitative estimate of drug-likeness (QED) is 0.234. The van der Waals surface area contributed by atoms with Gasteiger partial charge in [-0.1, -0.05) is 18.2 Å². The van der Waals surface area contributed by atoms with Gasteiger partial charge in [-0.15, -0.1) is 34.4 Å². The molecule has 0 aliphatic heterocycles. The summed E-state index contributed by atoms with van der Waals surface area (Å²) in [6.07, 6.45) is -0.213. The molecule has 0 N–H and O–H groups in total. The highest BCUT2D eigenvalue weighted by Gasteiger charge is 2.30. The SMILES string of the molecule is O=C(Cc1cccc(C(F)(F)F)c1)Cc1ncc(CCSc2ncnc3ccsc23)s1. The fourth-order valence-corrected chi connectivity index (χ4v) is 5.98. The minimum atomic E-state index is -4.41. The van der Waals surface area contributed by atoms with Gasteiger partial charge in [0.15, 0.2) is 0 Å². The number of aryl methyl sites for hydroxylation is 1. The molecule has 1 aromatic carbocycles. The number of alkyl halides is 3. The fraction of sp³-hybridized carbons (Fsp3) is 0.238. The molecule has 4 nitrogen and oxygen atoms in total. The highest BCUT2D eigenvalue weighted by atomic mass is 32.2. The van der Waals surface area contributed by atoms with Crippen LogP contribution in [0.2, 0.25) is 0 Å². The lowest BCUT2D eigenvalue weighted by molar-refractivity contribution is -0.137. The Balaban J connectivity index is 1.30. The number of hydrogen-bond donors (Lipinski definition) is 0. The van der Waals surface area contributed by atoms with Gasteiger partial charge < -0.3 is 0 Å². The second kappa shape index (κ2) is 9.46. The molecular weight excluding hydrogens is 463 g/mol. The number of thioether (sulfide) groups is 1. The lowest BCUT2D eigenvalue weighted by Crippen LogP contribution is -2.09. The monoisotopic (exact) mass is 479 g/mol. The van der Waals surface area contributed by atoms with E-state index in [1.54, 1.807) is 35.6 Å². The molecule has 0 spiro atoms. The van der Waals surface area contributed by atoms with Crippen LogP contribution in [0.15, 0.2) is 53.3 Å². The van der Waals surface area contributed by atoms with Gasteiger partial charge in [0, 0.05) is 23.2 Å². The number of fused-ring (bicyclic) bond motifs is 1. The van der Waals surface area contributed by atoms with E-state index in [9.17, 15) is 18.0 Å². The summed E-state index contributed by atoms with van der Waals surface area (Å²) in [4.78, 5) is 26.3. The van der Waals surface area contributed by atoms with E-state index in [0.717, 1.165) is 44.4 Å². The lowest BCUT2D eigenvalue weighted by Gasteiger charge is -2.08. The Bertz CT molecular complexity index is 1200. The third kappa shape index (κ3) is 5.69. The summed E-state index contributed by atoms with van der Waals surface area (Å²) in [6.45, 7) is 0. The number of carbonyl (C=O) groups is 1. The first kappa shape index (κ1) is 21.9. The van der Waals surface area contributed by atoms with Crippen molar-refractivity contribution in [2.45, 2.75) is 30.5 Å². The van der Waals surface area contributed by atoms with Gasteiger partial charge in [-0.3, -0.25) is 4.79 Å². The minimum absolute atomic E-state index is 0.0425. The van der Waals surface area contributed by atoms with Crippen molar-refractivity contribution in [1.29, 1.82) is 0 Å². The maximum Gasteiger partial charge on any atom is 0.416 e. The zero-order chi connectivity index (χ0) is 21.8. The van der Waals surface area contributed by atoms with Crippen molar-refractivity contribution in [3.63, 3.8) is 0 Å². The topological polar surface area (TPSA) is 55.7 Å². The number of aromatic nitrogens is 3. The Kier molecular flexibility index (Phi) is 6.68. The van der Waals surface area contributed by atoms with Gasteiger partial charge in [-0.05, 0) is 29.5 Å². The van der Waals surface area contributed by atoms with Crippen LogP contribution in [-0.4, -0.2) is 26.5 Å². The van der Waals surface area contributed by atoms with Gasteiger partial charge in [0.2, 0.25) is 0 Å². The predicted octanol–water partition coefficient (Wildman–Crippen LogP) is 5.86. The Morgan fingerprint density at radius 2 is 1.97 bits per heavy atom. The fourth-order valence-electron chi connectivity index (χ4n) is 2.98. The molecule has 0 amide bonds. The van der Waals surface area contributed by atoms with Gasteiger partial charge in [-0.2, -0.15) is 13.2 Å². The van der Waals surface area contributed by atoms with E-state index in [1.165, 1.54) is 23.5 Å². The highest BCUT2D eigenvalue weighted by molar-refractivity contribution is 7.99. The Morgan fingerprint density at radius 1 is 1.10 bits per heavy atom. The van der Waals surface area contributed by atoms with Gasteiger partial charge >= 0.3 is 6.18 Å². The van der Waals surface area contributed by atoms with E-state index in [2.05, 4.69) is 15.0 Å². The maximum absolute atomic E-state index is 12.8. The number of ketones is 1. The normalized spacial score (nSPS) is 11.8. The van der Waals surface area contributed by atoms with Crippen molar-refractivity contribution < 1.29 is 18.0 Å². The van der Waals surface area contributed by atoms with Crippen LogP contribution in [0.1, 0.15) is 21.0 Å². The van der Waals surface area contributed by atoms with Crippen molar-refractivity contribution in [3.8, 4) is 0 Å². The number of carbonyl (C=O) groups excluding carboxylic acids is 1. The molecule has 31 heavy (non-hydrogen) atoms. The molecule has 4 aromatic rings. The highest BCUT2D eigenvalue weighted by Crippen LogP contribution is 2.30. The maximum atomic E-state index is 12.8. The molecule has 0 aliphatic carbocycles. The summed E-state index contributed by atoms with van der Waals surface area (Å²) in [5, 5.41) is 3.63. The van der Waals surface area contributed by atoms with Crippen molar-refractivity contribution in [3.05, 3.63) is 69.2 Å². The second-order valence-corrected chi connectivity index (χ2v) is 9.92. The summed E-state index contributed by atoms with van der Waals surface area (Å²) in [7, 11) is 0. The molecule has 0 atom stereocenters. The van der Waals surface area contributed by atoms with Crippen LogP contribution in [0.4, 0.5) is 13.2 Å². The van der Waals surface area contributed by atoms with E-state index in [4.69, 9.17) is 0 Å². The van der Waals surface area contributed by atoms with E-state index in [0.29, 0.717) is 10.6 Å². The number of thiophene rings is 1. The van der Waals surface area contributed by atoms with Crippen LogP contribution in [0.3, 0.4) is 0 Å². The Hall–Kier alpha value is -2.30. The van der Waals surface area contributed by atoms with Gasteiger partial charge in [0.05, 0.1) is 22.2 Å². The van der Waals surface area contributed by atoms with Crippen molar-refractivity contribution >= 4 is 50.4 Å². The van der Waals surface area contributed by atoms with E-state index in [-0.39, 0.29) is 18.6 Å². The smallest absolute Gasteiger partial charge is 0.299 e. The molecule has 0 saturated heterocycles. The van der Waals surface area contributed by atoms with Crippen LogP contribution in [0.5, 0.6) is 0 Å². The predicted molar refractivity (Wildman–Crippen MR) is 118 cm³/mol. The van der Waals surface area contributed by atoms with Gasteiger partial charge in [0.1, 0.15) is 22.1 Å². The molecule has 160 valence electrons. The van der Waals surface area contributed by atoms with Crippen molar-refractivity contribution in [2.75, 3.05) is 5.75 Å². The molecule has 0 fully saturated rings. The lowest BCUT2D eigenvalue weighted by atomic mass is 10.0. The second-order valence-electron chi connectivity index (χ2n) is 6.72. The first-order valence-electron chi connectivity index (χ1n) is 9.31. The number of Topliss-reactive ketones (excluding diaryl/α,β-unsaturated/α-hetero) is 1. The molecule has 0 radical (unpaired) electrons. The third-order valence-electron chi connectivity index (χ3n) is 4.40. The van der Waals surface area contributed by atoms with Crippen molar-refractivity contribution in [1.82, 2.24) is 15.0 Å². The molecule has 3 heterocycles. The largest absolute Gasteiger partial charge is 0.416 e. The van der Waals surface area contributed by atoms with E-state index in [1.807, 2.05) is 11.4 Å². The average molecular weight is 480 g/mol. The summed E-state index contributed by atoms with van der Waals surface area (Å²) < 4.78 is 39.6. The first-order valence-corrected chi connectivity index (χ1v) is 12.0. The molecule has 0 bridgehead atoms. The van der Waals surface area contributed by atoms with Crippen LogP contribution in [-0.2, 0) is 30.2 Å². The summed E-state index contributed by atoms with van der Waals surface area (Å²) in [5.74, 6) is 0.666. The van der Waals surface area contributed by atoms with E-state index < -0.39 is 11.7 Å². The summed E-state index contributed by atoms with van der Waals surface area (Å²) >= 11 is 4.74. The molecular formula is C21H16F3N3OS3. The number of benzene rings is 1. The Morgan fingerprint density at radius 3 is 2.81 bits per heavy atom. The van der Waals surface area contributed by atoms with Crippen LogP contribution in [0, 0.1) is 0 Å². The number of nitrogens with zero attached hydrogens (tertiary/aromatic N) is 3. The standard InChI is InChI=1S/C21H16F3N3OS3/c22-21(23,24)14-3-1-2-13(8-14)9-15(28)10-18-25-11-16(31-18)4-6-30-20-19-17(5-7-29-19)26-12-27-20/h1-3,5,7-8,11-12H,4,6,9-10H2. The van der Waals surface area contributed by atoms with Crippen molar-refractivity contribution in [2.24, 2.45) is 0 Å². The summed E-state index contributed by atoms with van der Waals surface area (Å²) in [6, 6.07) is 6.86. The zero-order valence-electron chi connectivity index (χ0n) is 16.1. The van der Waals surface area contributed by atoms with Crippen LogP contribution < -0.4 is 0 Å². The molecule has 10 heteroatoms. The molecule has 0 saturated carbocycles. The average Bonchev–Trinajstić information content (AvgIpc) is 3.37. The molecule has 0 unspecified atom stereocenters. The molecule has 4 rings (SSSR count). The number of thiazole rings is 1. The minimum Gasteiger partial charge on any atom is -0.299 e. The van der Waals surface area contributed by atoms with Crippen LogP contribution in [0.25, 0.3) is 10.2 Å². The van der Waals surface area contributed by atoms with Gasteiger partial charge in [-0.25, -0.2) is 15.0 Å². The number of halogens is 3.